The summed E-state index contributed by atoms with van der Waals surface area (Å²) in [5.41, 5.74) is 1.21. The second-order valence-electron chi connectivity index (χ2n) is 3.83. The van der Waals surface area contributed by atoms with Gasteiger partial charge in [-0.1, -0.05) is 6.08 Å². The molecule has 1 aromatic heterocycles. The van der Waals surface area contributed by atoms with Gasteiger partial charge in [0.25, 0.3) is 0 Å². The Labute approximate surface area is 96.4 Å². The predicted octanol–water partition coefficient (Wildman–Crippen LogP) is 2.94. The van der Waals surface area contributed by atoms with Crippen LogP contribution >= 0.6 is 11.3 Å². The molecular weight excluding hydrogens is 204 g/mol. The van der Waals surface area contributed by atoms with Crippen molar-refractivity contribution in [2.45, 2.75) is 39.2 Å². The fraction of sp³-hybridized carbons (Fsp3) is 0.583. The SMILES string of the molecule is C=CCCC(C)NCCc1csc(C)n1. The lowest BCUT2D eigenvalue weighted by Gasteiger charge is -2.11. The zero-order chi connectivity index (χ0) is 11.1. The third-order valence-corrected chi connectivity index (χ3v) is 3.17. The average Bonchev–Trinajstić information content (AvgIpc) is 2.61. The van der Waals surface area contributed by atoms with Crippen molar-refractivity contribution in [3.8, 4) is 0 Å². The summed E-state index contributed by atoms with van der Waals surface area (Å²) < 4.78 is 0. The van der Waals surface area contributed by atoms with E-state index in [4.69, 9.17) is 0 Å². The van der Waals surface area contributed by atoms with Crippen LogP contribution in [-0.2, 0) is 6.42 Å². The Bertz CT molecular complexity index is 294. The van der Waals surface area contributed by atoms with Crippen LogP contribution in [0.2, 0.25) is 0 Å². The van der Waals surface area contributed by atoms with Crippen LogP contribution in [0.3, 0.4) is 0 Å². The first kappa shape index (κ1) is 12.4. The summed E-state index contributed by atoms with van der Waals surface area (Å²) in [6.45, 7) is 9.01. The van der Waals surface area contributed by atoms with Gasteiger partial charge < -0.3 is 5.32 Å². The van der Waals surface area contributed by atoms with Gasteiger partial charge in [0, 0.05) is 24.4 Å². The minimum absolute atomic E-state index is 0.572. The van der Waals surface area contributed by atoms with Crippen molar-refractivity contribution in [3.63, 3.8) is 0 Å². The molecule has 3 heteroatoms. The molecule has 0 aromatic carbocycles. The molecule has 1 N–H and O–H groups in total. The average molecular weight is 224 g/mol. The Hall–Kier alpha value is -0.670. The van der Waals surface area contributed by atoms with Crippen LogP contribution in [0.4, 0.5) is 0 Å². The number of allylic oxidation sites excluding steroid dienone is 1. The van der Waals surface area contributed by atoms with E-state index in [1.807, 2.05) is 13.0 Å². The third-order valence-electron chi connectivity index (χ3n) is 2.34. The Morgan fingerprint density at radius 3 is 3.07 bits per heavy atom. The monoisotopic (exact) mass is 224 g/mol. The fourth-order valence-corrected chi connectivity index (χ4v) is 2.09. The number of aryl methyl sites for hydroxylation is 1. The highest BCUT2D eigenvalue weighted by atomic mass is 32.1. The lowest BCUT2D eigenvalue weighted by Crippen LogP contribution is -2.27. The van der Waals surface area contributed by atoms with Gasteiger partial charge in [0.05, 0.1) is 10.7 Å². The molecule has 0 aliphatic carbocycles. The molecule has 1 rings (SSSR count). The quantitative estimate of drug-likeness (QED) is 0.720. The summed E-state index contributed by atoms with van der Waals surface area (Å²) in [5.74, 6) is 0. The van der Waals surface area contributed by atoms with E-state index in [1.54, 1.807) is 11.3 Å². The number of aromatic nitrogens is 1. The van der Waals surface area contributed by atoms with E-state index in [9.17, 15) is 0 Å². The van der Waals surface area contributed by atoms with Crippen molar-refractivity contribution >= 4 is 11.3 Å². The van der Waals surface area contributed by atoms with Crippen LogP contribution in [0.5, 0.6) is 0 Å². The number of nitrogens with zero attached hydrogens (tertiary/aromatic N) is 1. The van der Waals surface area contributed by atoms with E-state index in [1.165, 1.54) is 12.1 Å². The molecule has 2 nitrogen and oxygen atoms in total. The minimum atomic E-state index is 0.572. The van der Waals surface area contributed by atoms with Gasteiger partial charge in [0.15, 0.2) is 0 Å². The highest BCUT2D eigenvalue weighted by molar-refractivity contribution is 7.09. The van der Waals surface area contributed by atoms with Crippen molar-refractivity contribution < 1.29 is 0 Å². The molecule has 1 heterocycles. The molecule has 0 aliphatic rings. The molecule has 1 atom stereocenters. The maximum atomic E-state index is 4.43. The van der Waals surface area contributed by atoms with E-state index >= 15 is 0 Å². The second-order valence-corrected chi connectivity index (χ2v) is 4.89. The van der Waals surface area contributed by atoms with E-state index in [0.29, 0.717) is 6.04 Å². The molecule has 0 fully saturated rings. The van der Waals surface area contributed by atoms with Gasteiger partial charge in [-0.05, 0) is 26.7 Å². The second kappa shape index (κ2) is 6.75. The van der Waals surface area contributed by atoms with Crippen LogP contribution in [0.25, 0.3) is 0 Å². The van der Waals surface area contributed by atoms with Crippen LogP contribution in [0, 0.1) is 6.92 Å². The van der Waals surface area contributed by atoms with Gasteiger partial charge in [-0.3, -0.25) is 0 Å². The molecule has 1 aromatic rings. The Balaban J connectivity index is 2.13. The van der Waals surface area contributed by atoms with E-state index < -0.39 is 0 Å². The number of hydrogen-bond acceptors (Lipinski definition) is 3. The largest absolute Gasteiger partial charge is 0.314 e. The predicted molar refractivity (Wildman–Crippen MR) is 67.5 cm³/mol. The normalized spacial score (nSPS) is 12.7. The van der Waals surface area contributed by atoms with Crippen LogP contribution in [0.1, 0.15) is 30.5 Å². The first-order valence-corrected chi connectivity index (χ1v) is 6.35. The van der Waals surface area contributed by atoms with E-state index in [0.717, 1.165) is 24.4 Å². The maximum absolute atomic E-state index is 4.43. The summed E-state index contributed by atoms with van der Waals surface area (Å²) in [6, 6.07) is 0.572. The van der Waals surface area contributed by atoms with Crippen LogP contribution in [-0.4, -0.2) is 17.6 Å². The number of hydrogen-bond donors (Lipinski definition) is 1. The van der Waals surface area contributed by atoms with Gasteiger partial charge in [-0.25, -0.2) is 4.98 Å². The Morgan fingerprint density at radius 1 is 1.67 bits per heavy atom. The smallest absolute Gasteiger partial charge is 0.0897 e. The van der Waals surface area contributed by atoms with Crippen molar-refractivity contribution in [2.24, 2.45) is 0 Å². The number of thiazole rings is 1. The summed E-state index contributed by atoms with van der Waals surface area (Å²) in [6.07, 6.45) is 5.26. The molecule has 0 radical (unpaired) electrons. The molecule has 0 bridgehead atoms. The summed E-state index contributed by atoms with van der Waals surface area (Å²) in [4.78, 5) is 4.43. The summed E-state index contributed by atoms with van der Waals surface area (Å²) >= 11 is 1.72. The standard InChI is InChI=1S/C12H20N2S/c1-4-5-6-10(2)13-8-7-12-9-15-11(3)14-12/h4,9-10,13H,1,5-8H2,2-3H3. The molecule has 15 heavy (non-hydrogen) atoms. The Morgan fingerprint density at radius 2 is 2.47 bits per heavy atom. The molecule has 0 amide bonds. The van der Waals surface area contributed by atoms with Crippen LogP contribution in [0.15, 0.2) is 18.0 Å². The third kappa shape index (κ3) is 5.09. The number of nitrogens with one attached hydrogen (secondary N) is 1. The van der Waals surface area contributed by atoms with Crippen molar-refractivity contribution in [1.29, 1.82) is 0 Å². The highest BCUT2D eigenvalue weighted by Crippen LogP contribution is 2.08. The number of rotatable bonds is 7. The van der Waals surface area contributed by atoms with Crippen molar-refractivity contribution in [2.75, 3.05) is 6.54 Å². The van der Waals surface area contributed by atoms with E-state index in [-0.39, 0.29) is 0 Å². The maximum Gasteiger partial charge on any atom is 0.0897 e. The molecular formula is C12H20N2S. The van der Waals surface area contributed by atoms with Gasteiger partial charge in [0.1, 0.15) is 0 Å². The van der Waals surface area contributed by atoms with Gasteiger partial charge >= 0.3 is 0 Å². The minimum Gasteiger partial charge on any atom is -0.314 e. The first-order valence-electron chi connectivity index (χ1n) is 5.47. The zero-order valence-corrected chi connectivity index (χ0v) is 10.4. The zero-order valence-electron chi connectivity index (χ0n) is 9.62. The molecule has 0 aliphatic heterocycles. The van der Waals surface area contributed by atoms with Crippen LogP contribution < -0.4 is 5.32 Å². The Kier molecular flexibility index (Phi) is 5.58. The molecule has 0 saturated heterocycles. The molecule has 84 valence electrons. The van der Waals surface area contributed by atoms with Gasteiger partial charge in [0.2, 0.25) is 0 Å². The summed E-state index contributed by atoms with van der Waals surface area (Å²) in [5, 5.41) is 6.79. The lowest BCUT2D eigenvalue weighted by atomic mass is 10.2. The van der Waals surface area contributed by atoms with Crippen molar-refractivity contribution in [1.82, 2.24) is 10.3 Å². The molecule has 1 unspecified atom stereocenters. The fourth-order valence-electron chi connectivity index (χ4n) is 1.44. The van der Waals surface area contributed by atoms with E-state index in [2.05, 4.69) is 29.2 Å². The van der Waals surface area contributed by atoms with Crippen molar-refractivity contribution in [3.05, 3.63) is 28.7 Å². The first-order chi connectivity index (χ1) is 7.22. The molecule has 0 spiro atoms. The highest BCUT2D eigenvalue weighted by Gasteiger charge is 2.01. The lowest BCUT2D eigenvalue weighted by molar-refractivity contribution is 0.520. The topological polar surface area (TPSA) is 24.9 Å². The van der Waals surface area contributed by atoms with Gasteiger partial charge in [-0.15, -0.1) is 17.9 Å². The van der Waals surface area contributed by atoms with Gasteiger partial charge in [-0.2, -0.15) is 0 Å². The summed E-state index contributed by atoms with van der Waals surface area (Å²) in [7, 11) is 0. The molecule has 0 saturated carbocycles.